The zero-order chi connectivity index (χ0) is 7.82. The summed E-state index contributed by atoms with van der Waals surface area (Å²) in [5, 5.41) is 0. The quantitative estimate of drug-likeness (QED) is 0.353. The van der Waals surface area contributed by atoms with Crippen LogP contribution in [0.1, 0.15) is 0 Å². The average molecular weight is 149 g/mol. The van der Waals surface area contributed by atoms with Gasteiger partial charge in [0, 0.05) is 19.6 Å². The van der Waals surface area contributed by atoms with E-state index < -0.39 is 0 Å². The van der Waals surface area contributed by atoms with Gasteiger partial charge in [-0.15, -0.1) is 0 Å². The normalized spacial score (nSPS) is 10.8. The van der Waals surface area contributed by atoms with E-state index in [0.717, 1.165) is 39.3 Å². The summed E-state index contributed by atoms with van der Waals surface area (Å²) in [4.78, 5) is 2.35. The molecule has 0 fully saturated rings. The van der Waals surface area contributed by atoms with Crippen molar-refractivity contribution in [3.05, 3.63) is 0 Å². The summed E-state index contributed by atoms with van der Waals surface area (Å²) in [6, 6.07) is 0. The molecular weight excluding hydrogens is 128 g/mol. The van der Waals surface area contributed by atoms with Crippen molar-refractivity contribution < 1.29 is 17.2 Å². The van der Waals surface area contributed by atoms with E-state index in [1.807, 2.05) is 0 Å². The second-order valence-corrected chi connectivity index (χ2v) is 2.40. The summed E-state index contributed by atoms with van der Waals surface area (Å²) in [5.74, 6) is 0. The maximum absolute atomic E-state index is 3.81. The van der Waals surface area contributed by atoms with Crippen LogP contribution in [0, 0.1) is 0 Å². The monoisotopic (exact) mass is 149 g/mol. The molecule has 0 atom stereocenters. The Bertz CT molecular complexity index is 52.5. The molecule has 0 aliphatic rings. The molecule has 0 aliphatic heterocycles. The maximum atomic E-state index is 3.81. The summed E-state index contributed by atoms with van der Waals surface area (Å²) in [6.07, 6.45) is 0. The van der Waals surface area contributed by atoms with Gasteiger partial charge in [0.2, 0.25) is 0 Å². The fourth-order valence-corrected chi connectivity index (χ4v) is 1.01. The topological polar surface area (TPSA) is 86.2 Å². The van der Waals surface area contributed by atoms with E-state index in [0.29, 0.717) is 0 Å². The molecule has 0 aromatic carbocycles. The highest BCUT2D eigenvalue weighted by Gasteiger charge is 2.02. The first-order valence-corrected chi connectivity index (χ1v) is 3.95. The van der Waals surface area contributed by atoms with Gasteiger partial charge in [0.25, 0.3) is 0 Å². The van der Waals surface area contributed by atoms with Gasteiger partial charge in [-0.25, -0.2) is 0 Å². The minimum atomic E-state index is 0.986. The highest BCUT2D eigenvalue weighted by Crippen LogP contribution is 1.80. The third-order valence-corrected chi connectivity index (χ3v) is 1.42. The van der Waals surface area contributed by atoms with Crippen LogP contribution in [0.2, 0.25) is 0 Å². The van der Waals surface area contributed by atoms with E-state index in [2.05, 4.69) is 22.1 Å². The Hall–Kier alpha value is -0.160. The molecule has 0 unspecified atom stereocenters. The molecule has 4 heteroatoms. The standard InChI is InChI=1S/C6H18N4/c7-1-4-10(5-2-8)6-3-9/h1-9H2/p+3. The zero-order valence-corrected chi connectivity index (χ0v) is 6.81. The van der Waals surface area contributed by atoms with E-state index in [1.54, 1.807) is 0 Å². The summed E-state index contributed by atoms with van der Waals surface area (Å²) in [5.41, 5.74) is 11.4. The number of nitrogens with zero attached hydrogens (tertiary/aromatic N) is 1. The van der Waals surface area contributed by atoms with E-state index in [4.69, 9.17) is 0 Å². The van der Waals surface area contributed by atoms with Gasteiger partial charge in [-0.1, -0.05) is 0 Å². The van der Waals surface area contributed by atoms with E-state index in [1.165, 1.54) is 0 Å². The SMILES string of the molecule is [NH3+]CCN(CC[NH3+])CC[NH3+]. The Kier molecular flexibility index (Phi) is 6.84. The minimum Gasteiger partial charge on any atom is -0.357 e. The van der Waals surface area contributed by atoms with Crippen molar-refractivity contribution in [2.75, 3.05) is 39.3 Å². The molecule has 0 heterocycles. The molecular formula is C6H21N4+3. The van der Waals surface area contributed by atoms with Crippen molar-refractivity contribution >= 4 is 0 Å². The van der Waals surface area contributed by atoms with Gasteiger partial charge >= 0.3 is 0 Å². The van der Waals surface area contributed by atoms with Crippen LogP contribution in [-0.2, 0) is 0 Å². The number of hydrogen-bond donors (Lipinski definition) is 3. The molecule has 0 aromatic heterocycles. The van der Waals surface area contributed by atoms with Crippen molar-refractivity contribution in [1.82, 2.24) is 4.90 Å². The fourth-order valence-electron chi connectivity index (χ4n) is 1.01. The Morgan fingerprint density at radius 2 is 1.00 bits per heavy atom. The lowest BCUT2D eigenvalue weighted by Crippen LogP contribution is -2.61. The van der Waals surface area contributed by atoms with Gasteiger partial charge in [0.15, 0.2) is 0 Å². The fraction of sp³-hybridized carbons (Fsp3) is 1.00. The van der Waals surface area contributed by atoms with Crippen molar-refractivity contribution in [1.29, 1.82) is 0 Å². The molecule has 4 nitrogen and oxygen atoms in total. The van der Waals surface area contributed by atoms with Crippen molar-refractivity contribution in [3.8, 4) is 0 Å². The third-order valence-electron chi connectivity index (χ3n) is 1.42. The number of quaternary nitrogens is 3. The van der Waals surface area contributed by atoms with Gasteiger partial charge in [-0.2, -0.15) is 0 Å². The van der Waals surface area contributed by atoms with Crippen molar-refractivity contribution in [2.24, 2.45) is 0 Å². The second-order valence-electron chi connectivity index (χ2n) is 2.40. The molecule has 9 N–H and O–H groups in total. The van der Waals surface area contributed by atoms with Gasteiger partial charge < -0.3 is 17.2 Å². The summed E-state index contributed by atoms with van der Waals surface area (Å²) < 4.78 is 0. The van der Waals surface area contributed by atoms with Crippen LogP contribution >= 0.6 is 0 Å². The summed E-state index contributed by atoms with van der Waals surface area (Å²) in [6.45, 7) is 6.22. The molecule has 0 aliphatic carbocycles. The molecule has 0 radical (unpaired) electrons. The molecule has 0 bridgehead atoms. The third kappa shape index (κ3) is 4.69. The first kappa shape index (κ1) is 9.84. The first-order valence-electron chi connectivity index (χ1n) is 3.95. The number of hydrogen-bond acceptors (Lipinski definition) is 1. The highest BCUT2D eigenvalue weighted by atomic mass is 15.1. The second kappa shape index (κ2) is 6.95. The Balaban J connectivity index is 3.30. The lowest BCUT2D eigenvalue weighted by atomic mass is 10.4. The van der Waals surface area contributed by atoms with Crippen LogP contribution in [0.15, 0.2) is 0 Å². The molecule has 62 valence electrons. The van der Waals surface area contributed by atoms with Crippen molar-refractivity contribution in [2.45, 2.75) is 0 Å². The van der Waals surface area contributed by atoms with E-state index in [-0.39, 0.29) is 0 Å². The smallest absolute Gasteiger partial charge is 0.0869 e. The molecule has 0 spiro atoms. The molecule has 0 rings (SSSR count). The van der Waals surface area contributed by atoms with Crippen LogP contribution in [0.3, 0.4) is 0 Å². The lowest BCUT2D eigenvalue weighted by molar-refractivity contribution is -0.386. The summed E-state index contributed by atoms with van der Waals surface area (Å²) in [7, 11) is 0. The van der Waals surface area contributed by atoms with Crippen molar-refractivity contribution in [3.63, 3.8) is 0 Å². The van der Waals surface area contributed by atoms with Crippen LogP contribution in [-0.4, -0.2) is 44.2 Å². The lowest BCUT2D eigenvalue weighted by Gasteiger charge is -2.15. The van der Waals surface area contributed by atoms with Crippen LogP contribution in [0.5, 0.6) is 0 Å². The zero-order valence-electron chi connectivity index (χ0n) is 6.81. The molecule has 0 amide bonds. The molecule has 0 saturated carbocycles. The Morgan fingerprint density at radius 3 is 1.20 bits per heavy atom. The number of rotatable bonds is 6. The largest absolute Gasteiger partial charge is 0.357 e. The van der Waals surface area contributed by atoms with E-state index in [9.17, 15) is 0 Å². The molecule has 0 saturated heterocycles. The molecule has 0 aromatic rings. The van der Waals surface area contributed by atoms with Gasteiger partial charge in [-0.05, 0) is 0 Å². The van der Waals surface area contributed by atoms with Gasteiger partial charge in [-0.3, -0.25) is 4.90 Å². The maximum Gasteiger partial charge on any atom is 0.0869 e. The van der Waals surface area contributed by atoms with Crippen LogP contribution in [0.4, 0.5) is 0 Å². The predicted octanol–water partition coefficient (Wildman–Crippen LogP) is -3.99. The minimum absolute atomic E-state index is 0.986. The van der Waals surface area contributed by atoms with Gasteiger partial charge in [0.1, 0.15) is 0 Å². The predicted molar refractivity (Wildman–Crippen MR) is 39.7 cm³/mol. The van der Waals surface area contributed by atoms with Gasteiger partial charge in [0.05, 0.1) is 19.6 Å². The average Bonchev–Trinajstić information content (AvgIpc) is 1.90. The molecule has 10 heavy (non-hydrogen) atoms. The van der Waals surface area contributed by atoms with Crippen LogP contribution < -0.4 is 17.2 Å². The first-order chi connectivity index (χ1) is 4.85. The Labute approximate surface area is 62.3 Å². The van der Waals surface area contributed by atoms with Crippen LogP contribution in [0.25, 0.3) is 0 Å². The van der Waals surface area contributed by atoms with E-state index >= 15 is 0 Å². The highest BCUT2D eigenvalue weighted by molar-refractivity contribution is 4.52. The summed E-state index contributed by atoms with van der Waals surface area (Å²) >= 11 is 0. The Morgan fingerprint density at radius 1 is 0.700 bits per heavy atom.